The molecule has 3 heterocycles. The molecule has 7 N–H and O–H groups in total. The Morgan fingerprint density at radius 1 is 0.592 bits per heavy atom. The number of phenols is 4. The maximum absolute atomic E-state index is 12.5. The van der Waals surface area contributed by atoms with E-state index >= 15 is 0 Å². The van der Waals surface area contributed by atoms with Crippen LogP contribution in [0.2, 0.25) is 20.1 Å². The predicted octanol–water partition coefficient (Wildman–Crippen LogP) is 5.46. The summed E-state index contributed by atoms with van der Waals surface area (Å²) in [6.45, 7) is 4.53. The first kappa shape index (κ1) is 69.8. The number of nitro groups is 1. The molecule has 0 radical (unpaired) electrons. The Morgan fingerprint density at radius 2 is 1.00 bits per heavy atom. The Balaban J connectivity index is 0.000000864. The summed E-state index contributed by atoms with van der Waals surface area (Å²) in [5.41, 5.74) is 1.19. The fourth-order valence-electron chi connectivity index (χ4n) is 5.18. The number of aromatic hydroxyl groups is 4. The van der Waals surface area contributed by atoms with Crippen LogP contribution in [0, 0.1) is 54.2 Å². The van der Waals surface area contributed by atoms with Crippen LogP contribution in [0.15, 0.2) is 72.8 Å². The molecule has 32 heteroatoms. The molecule has 5 aromatic carbocycles. The summed E-state index contributed by atoms with van der Waals surface area (Å²) in [7, 11) is -4.84. The largest absolute Gasteiger partial charge is 1.00 e. The SMILES string of the molecule is C.Cc1c(Cl)c(Cl)c(O)c(Cl)c1Cl.Cc1c(F)c(F)c(O)c(F)c1F.Cc1ccc(O)cc1.O=C1CC(S(=O)(=O)[O-])C(=O)N1O.O=C1CCC(=O)N1O.O=C1c2ccccc2C(=O)N1O.O=[N+]([O-])c1ccccc1O.[Na+]. The van der Waals surface area contributed by atoms with E-state index < -0.39 is 96.7 Å². The van der Waals surface area contributed by atoms with Crippen molar-refractivity contribution in [1.82, 2.24) is 15.2 Å². The van der Waals surface area contributed by atoms with Gasteiger partial charge in [0.25, 0.3) is 35.4 Å². The quantitative estimate of drug-likeness (QED) is 0.0169. The molecular weight excluding hydrogens is 1150 g/mol. The van der Waals surface area contributed by atoms with Gasteiger partial charge in [0.2, 0.25) is 11.6 Å². The van der Waals surface area contributed by atoms with Gasteiger partial charge in [-0.3, -0.25) is 54.5 Å². The first-order valence-electron chi connectivity index (χ1n) is 19.6. The zero-order valence-electron chi connectivity index (χ0n) is 38.5. The summed E-state index contributed by atoms with van der Waals surface area (Å²) >= 11 is 22.7. The number of hydroxylamine groups is 6. The summed E-state index contributed by atoms with van der Waals surface area (Å²) in [4.78, 5) is 73.2. The maximum atomic E-state index is 12.5. The second-order valence-electron chi connectivity index (χ2n) is 14.3. The van der Waals surface area contributed by atoms with E-state index in [4.69, 9.17) is 77.3 Å². The van der Waals surface area contributed by atoms with Gasteiger partial charge in [-0.05, 0) is 56.7 Å². The van der Waals surface area contributed by atoms with Crippen LogP contribution in [0.3, 0.4) is 0 Å². The second kappa shape index (κ2) is 30.5. The van der Waals surface area contributed by atoms with Gasteiger partial charge in [0, 0.05) is 24.5 Å². The van der Waals surface area contributed by atoms with E-state index in [1.165, 1.54) is 42.0 Å². The number of benzene rings is 5. The van der Waals surface area contributed by atoms with Crippen molar-refractivity contribution in [2.45, 2.75) is 52.7 Å². The molecular formula is C44H39Cl4F4N4NaO18S. The van der Waals surface area contributed by atoms with Crippen LogP contribution in [-0.2, 0) is 29.3 Å². The molecule has 0 spiro atoms. The van der Waals surface area contributed by atoms with Crippen LogP contribution < -0.4 is 29.6 Å². The van der Waals surface area contributed by atoms with Crippen molar-refractivity contribution in [3.63, 3.8) is 0 Å². The number of nitrogens with zero attached hydrogens (tertiary/aromatic N) is 4. The second-order valence-corrected chi connectivity index (χ2v) is 17.4. The van der Waals surface area contributed by atoms with Gasteiger partial charge in [-0.15, -0.1) is 5.06 Å². The van der Waals surface area contributed by atoms with E-state index in [1.54, 1.807) is 31.2 Å². The van der Waals surface area contributed by atoms with Crippen LogP contribution >= 0.6 is 46.4 Å². The van der Waals surface area contributed by atoms with Crippen LogP contribution in [0.1, 0.15) is 64.1 Å². The van der Waals surface area contributed by atoms with E-state index in [1.807, 2.05) is 19.1 Å². The number of hydrogen-bond donors (Lipinski definition) is 7. The molecule has 8 rings (SSSR count). The molecule has 22 nitrogen and oxygen atoms in total. The van der Waals surface area contributed by atoms with E-state index in [-0.39, 0.29) is 113 Å². The zero-order chi connectivity index (χ0) is 56.8. The molecule has 2 fully saturated rings. The number of carbonyl (C=O) groups excluding carboxylic acids is 6. The number of amides is 6. The van der Waals surface area contributed by atoms with Crippen molar-refractivity contribution in [1.29, 1.82) is 0 Å². The molecule has 0 aliphatic carbocycles. The number of rotatable bonds is 2. The number of nitro benzene ring substituents is 1. The Labute approximate surface area is 469 Å². The molecule has 0 bridgehead atoms. The number of hydrogen-bond acceptors (Lipinski definition) is 18. The number of carbonyl (C=O) groups is 6. The van der Waals surface area contributed by atoms with Crippen molar-refractivity contribution < 1.29 is 130 Å². The smallest absolute Gasteiger partial charge is 0.747 e. The van der Waals surface area contributed by atoms with Crippen LogP contribution in [0.5, 0.6) is 23.0 Å². The fourth-order valence-corrected chi connectivity index (χ4v) is 6.81. The van der Waals surface area contributed by atoms with Crippen molar-refractivity contribution in [2.75, 3.05) is 0 Å². The minimum Gasteiger partial charge on any atom is -0.747 e. The number of imide groups is 3. The van der Waals surface area contributed by atoms with E-state index in [2.05, 4.69) is 0 Å². The average Bonchev–Trinajstić information content (AvgIpc) is 3.91. The van der Waals surface area contributed by atoms with Gasteiger partial charge in [-0.1, -0.05) is 95.8 Å². The maximum Gasteiger partial charge on any atom is 1.00 e. The molecule has 1 atom stereocenters. The summed E-state index contributed by atoms with van der Waals surface area (Å²) in [6, 6.07) is 18.9. The Kier molecular flexibility index (Phi) is 28.0. The van der Waals surface area contributed by atoms with Crippen LogP contribution in [-0.4, -0.2) is 110 Å². The third-order valence-corrected chi connectivity index (χ3v) is 12.2. The Bertz CT molecular complexity index is 2760. The van der Waals surface area contributed by atoms with Gasteiger partial charge in [0.05, 0.1) is 32.5 Å². The summed E-state index contributed by atoms with van der Waals surface area (Å²) in [5, 5.41) is 69.7. The summed E-state index contributed by atoms with van der Waals surface area (Å²) in [5.74, 6) is -13.4. The normalized spacial score (nSPS) is 14.0. The number of phenolic OH excluding ortho intramolecular Hbond substituents is 4. The minimum atomic E-state index is -4.84. The van der Waals surface area contributed by atoms with Gasteiger partial charge in [-0.25, -0.2) is 17.2 Å². The Hall–Kier alpha value is -6.21. The van der Waals surface area contributed by atoms with Crippen molar-refractivity contribution in [3.8, 4) is 23.0 Å². The molecule has 406 valence electrons. The Morgan fingerprint density at radius 3 is 1.30 bits per heavy atom. The fraction of sp³-hybridized carbons (Fsp3) is 0.182. The van der Waals surface area contributed by atoms with Gasteiger partial charge in [0.15, 0.2) is 28.9 Å². The molecule has 1 unspecified atom stereocenters. The molecule has 6 amide bonds. The monoisotopic (exact) mass is 1180 g/mol. The molecule has 0 saturated carbocycles. The van der Waals surface area contributed by atoms with Gasteiger partial charge in [0.1, 0.15) is 31.2 Å². The first-order chi connectivity index (χ1) is 34.2. The van der Waals surface area contributed by atoms with Gasteiger partial charge < -0.3 is 25.0 Å². The zero-order valence-corrected chi connectivity index (χ0v) is 44.3. The number of para-hydroxylation sites is 2. The molecule has 3 aliphatic rings. The van der Waals surface area contributed by atoms with Gasteiger partial charge >= 0.3 is 35.2 Å². The average molecular weight is 1180 g/mol. The molecule has 0 aromatic heterocycles. The third kappa shape index (κ3) is 18.2. The molecule has 5 aromatic rings. The number of aryl methyl sites for hydroxylation is 1. The van der Waals surface area contributed by atoms with Crippen LogP contribution in [0.25, 0.3) is 0 Å². The van der Waals surface area contributed by atoms with Crippen molar-refractivity contribution in [2.24, 2.45) is 0 Å². The van der Waals surface area contributed by atoms with Crippen LogP contribution in [0.4, 0.5) is 23.2 Å². The molecule has 3 aliphatic heterocycles. The number of halogens is 8. The minimum absolute atomic E-state index is 0. The standard InChI is InChI=1S/C8H5NO3.C7H4Cl4O.C7H4F4O.C7H8O.C6H5NO3.C4H5NO6S.C4H5NO3.CH4.Na/c10-7-5-3-1-2-4-6(5)8(11)9(7)12;2*1-2-3(8)5(10)7(12)6(11)4(2)9;1-6-2-4-7(8)5-3-6;8-6-4-2-1-3-5(6)7(9)10;6-3-1-2(12(9,10)11)4(7)5(3)8;6-3-1-2-4(7)5(3)8;;/h1-4,12H;2*12H,1H3;2-5,8H,1H3;1-4,8H;2,8H,1H2,(H,9,10,11);8H,1-2H2;1H4;/q;;;;;;;;+1/p-1. The molecule has 2 saturated heterocycles. The first-order valence-corrected chi connectivity index (χ1v) is 22.6. The van der Waals surface area contributed by atoms with E-state index in [0.717, 1.165) is 6.92 Å². The van der Waals surface area contributed by atoms with E-state index in [9.17, 15) is 74.5 Å². The molecule has 76 heavy (non-hydrogen) atoms. The van der Waals surface area contributed by atoms with Crippen molar-refractivity contribution >= 4 is 97.7 Å². The topological polar surface area (TPSA) is 354 Å². The van der Waals surface area contributed by atoms with Gasteiger partial charge in [-0.2, -0.15) is 18.9 Å². The third-order valence-electron chi connectivity index (χ3n) is 9.26. The number of fused-ring (bicyclic) bond motifs is 1. The summed E-state index contributed by atoms with van der Waals surface area (Å²) in [6.07, 6.45) is -0.480. The van der Waals surface area contributed by atoms with E-state index in [0.29, 0.717) is 11.3 Å². The van der Waals surface area contributed by atoms with Crippen molar-refractivity contribution in [3.05, 3.63) is 154 Å². The summed E-state index contributed by atoms with van der Waals surface area (Å²) < 4.78 is 80.6. The predicted molar refractivity (Wildman–Crippen MR) is 253 cm³/mol.